The van der Waals surface area contributed by atoms with Crippen LogP contribution in [0.2, 0.25) is 0 Å². The van der Waals surface area contributed by atoms with Crippen LogP contribution in [0.5, 0.6) is 0 Å². The van der Waals surface area contributed by atoms with Crippen LogP contribution in [-0.2, 0) is 4.74 Å². The highest BCUT2D eigenvalue weighted by Gasteiger charge is 2.12. The van der Waals surface area contributed by atoms with E-state index in [1.165, 1.54) is 18.4 Å². The van der Waals surface area contributed by atoms with Gasteiger partial charge in [-0.15, -0.1) is 11.3 Å². The van der Waals surface area contributed by atoms with Crippen molar-refractivity contribution >= 4 is 28.1 Å². The number of hydrogen-bond donors (Lipinski definition) is 1. The second-order valence-electron chi connectivity index (χ2n) is 3.59. The number of aryl methyl sites for hydroxylation is 1. The Bertz CT molecular complexity index is 583. The molecule has 94 valence electrons. The van der Waals surface area contributed by atoms with Crippen molar-refractivity contribution in [1.82, 2.24) is 4.98 Å². The van der Waals surface area contributed by atoms with Crippen molar-refractivity contribution in [2.75, 3.05) is 12.4 Å². The number of esters is 1. The average molecular weight is 266 g/mol. The Morgan fingerprint density at radius 3 is 3.00 bits per heavy atom. The standard InChI is InChI=1S/C12H11FN2O2S/c1-7-4-3-5-8(10(7)13)14-12-15-9(6-18-12)11(16)17-2/h3-6H,1-2H3,(H,14,15). The lowest BCUT2D eigenvalue weighted by Gasteiger charge is -2.05. The Morgan fingerprint density at radius 2 is 2.28 bits per heavy atom. The fraction of sp³-hybridized carbons (Fsp3) is 0.167. The maximum Gasteiger partial charge on any atom is 0.357 e. The van der Waals surface area contributed by atoms with Crippen molar-refractivity contribution in [3.05, 3.63) is 40.7 Å². The molecule has 2 rings (SSSR count). The molecule has 1 heterocycles. The number of methoxy groups -OCH3 is 1. The maximum atomic E-state index is 13.7. The largest absolute Gasteiger partial charge is 0.464 e. The van der Waals surface area contributed by atoms with Crippen molar-refractivity contribution in [2.24, 2.45) is 0 Å². The van der Waals surface area contributed by atoms with Crippen LogP contribution in [-0.4, -0.2) is 18.1 Å². The fourth-order valence-electron chi connectivity index (χ4n) is 1.39. The first-order valence-electron chi connectivity index (χ1n) is 5.18. The number of nitrogens with one attached hydrogen (secondary N) is 1. The summed E-state index contributed by atoms with van der Waals surface area (Å²) in [6.07, 6.45) is 0. The number of hydrogen-bond acceptors (Lipinski definition) is 5. The van der Waals surface area contributed by atoms with Crippen LogP contribution in [0.15, 0.2) is 23.6 Å². The lowest BCUT2D eigenvalue weighted by Crippen LogP contribution is -2.02. The van der Waals surface area contributed by atoms with E-state index in [0.717, 1.165) is 0 Å². The van der Waals surface area contributed by atoms with Gasteiger partial charge in [0.2, 0.25) is 0 Å². The van der Waals surface area contributed by atoms with E-state index < -0.39 is 5.97 Å². The first-order chi connectivity index (χ1) is 8.61. The molecule has 0 spiro atoms. The molecule has 0 aliphatic heterocycles. The summed E-state index contributed by atoms with van der Waals surface area (Å²) in [6.45, 7) is 1.68. The van der Waals surface area contributed by atoms with E-state index in [2.05, 4.69) is 15.0 Å². The van der Waals surface area contributed by atoms with Gasteiger partial charge in [-0.25, -0.2) is 14.2 Å². The number of ether oxygens (including phenoxy) is 1. The van der Waals surface area contributed by atoms with Gasteiger partial charge < -0.3 is 10.1 Å². The zero-order valence-electron chi connectivity index (χ0n) is 9.86. The second-order valence-corrected chi connectivity index (χ2v) is 4.45. The van der Waals surface area contributed by atoms with Crippen LogP contribution in [0, 0.1) is 12.7 Å². The van der Waals surface area contributed by atoms with Crippen molar-refractivity contribution in [3.63, 3.8) is 0 Å². The third-order valence-electron chi connectivity index (χ3n) is 2.33. The molecule has 6 heteroatoms. The van der Waals surface area contributed by atoms with E-state index in [9.17, 15) is 9.18 Å². The minimum Gasteiger partial charge on any atom is -0.464 e. The van der Waals surface area contributed by atoms with E-state index in [1.54, 1.807) is 30.5 Å². The minimum atomic E-state index is -0.510. The molecule has 1 aromatic heterocycles. The van der Waals surface area contributed by atoms with Crippen LogP contribution in [0.4, 0.5) is 15.2 Å². The Labute approximate surface area is 107 Å². The number of rotatable bonds is 3. The van der Waals surface area contributed by atoms with Gasteiger partial charge in [-0.3, -0.25) is 0 Å². The number of anilines is 2. The van der Waals surface area contributed by atoms with Gasteiger partial charge in [0, 0.05) is 5.38 Å². The zero-order valence-corrected chi connectivity index (χ0v) is 10.7. The number of benzene rings is 1. The van der Waals surface area contributed by atoms with Gasteiger partial charge in [-0.05, 0) is 18.6 Å². The molecular weight excluding hydrogens is 255 g/mol. The number of aromatic nitrogens is 1. The van der Waals surface area contributed by atoms with Gasteiger partial charge in [0.15, 0.2) is 10.8 Å². The molecule has 0 saturated carbocycles. The van der Waals surface area contributed by atoms with Crippen molar-refractivity contribution in [1.29, 1.82) is 0 Å². The molecule has 0 amide bonds. The van der Waals surface area contributed by atoms with Crippen LogP contribution in [0.25, 0.3) is 0 Å². The van der Waals surface area contributed by atoms with Crippen molar-refractivity contribution in [3.8, 4) is 0 Å². The van der Waals surface area contributed by atoms with E-state index in [4.69, 9.17) is 0 Å². The molecule has 0 unspecified atom stereocenters. The lowest BCUT2D eigenvalue weighted by atomic mass is 10.2. The molecule has 0 fully saturated rings. The third-order valence-corrected chi connectivity index (χ3v) is 3.09. The molecule has 1 aromatic carbocycles. The van der Waals surface area contributed by atoms with E-state index in [-0.39, 0.29) is 11.5 Å². The van der Waals surface area contributed by atoms with Crippen LogP contribution in [0.1, 0.15) is 16.1 Å². The first kappa shape index (κ1) is 12.5. The van der Waals surface area contributed by atoms with Gasteiger partial charge in [-0.2, -0.15) is 0 Å². The Kier molecular flexibility index (Phi) is 3.57. The van der Waals surface area contributed by atoms with E-state index in [0.29, 0.717) is 16.4 Å². The molecule has 0 bridgehead atoms. The third kappa shape index (κ3) is 2.48. The molecule has 2 aromatic rings. The summed E-state index contributed by atoms with van der Waals surface area (Å²) in [7, 11) is 1.29. The van der Waals surface area contributed by atoms with Crippen molar-refractivity contribution in [2.45, 2.75) is 6.92 Å². The van der Waals surface area contributed by atoms with Gasteiger partial charge in [0.1, 0.15) is 5.82 Å². The van der Waals surface area contributed by atoms with Gasteiger partial charge in [-0.1, -0.05) is 12.1 Å². The number of carbonyl (C=O) groups is 1. The summed E-state index contributed by atoms with van der Waals surface area (Å²) in [5.41, 5.74) is 1.09. The Morgan fingerprint density at radius 1 is 1.50 bits per heavy atom. The average Bonchev–Trinajstić information content (AvgIpc) is 2.82. The van der Waals surface area contributed by atoms with Gasteiger partial charge in [0.25, 0.3) is 0 Å². The van der Waals surface area contributed by atoms with Gasteiger partial charge in [0.05, 0.1) is 12.8 Å². The molecule has 0 aliphatic rings. The monoisotopic (exact) mass is 266 g/mol. The normalized spacial score (nSPS) is 10.2. The summed E-state index contributed by atoms with van der Waals surface area (Å²) >= 11 is 1.21. The van der Waals surface area contributed by atoms with Crippen molar-refractivity contribution < 1.29 is 13.9 Å². The Balaban J connectivity index is 2.21. The number of nitrogens with zero attached hydrogens (tertiary/aromatic N) is 1. The van der Waals surface area contributed by atoms with Crippen LogP contribution >= 0.6 is 11.3 Å². The number of thiazole rings is 1. The summed E-state index contributed by atoms with van der Waals surface area (Å²) in [5.74, 6) is -0.837. The zero-order chi connectivity index (χ0) is 13.1. The molecule has 0 atom stereocenters. The highest BCUT2D eigenvalue weighted by molar-refractivity contribution is 7.14. The number of halogens is 1. The molecule has 0 aliphatic carbocycles. The molecule has 18 heavy (non-hydrogen) atoms. The highest BCUT2D eigenvalue weighted by atomic mass is 32.1. The Hall–Kier alpha value is -1.95. The summed E-state index contributed by atoms with van der Waals surface area (Å²) in [6, 6.07) is 5.04. The molecule has 1 N–H and O–H groups in total. The molecular formula is C12H11FN2O2S. The van der Waals surface area contributed by atoms with Gasteiger partial charge >= 0.3 is 5.97 Å². The number of carbonyl (C=O) groups excluding carboxylic acids is 1. The SMILES string of the molecule is COC(=O)c1csc(Nc2cccc(C)c2F)n1. The maximum absolute atomic E-state index is 13.7. The second kappa shape index (κ2) is 5.14. The molecule has 0 radical (unpaired) electrons. The summed E-state index contributed by atoms with van der Waals surface area (Å²) < 4.78 is 18.3. The molecule has 0 saturated heterocycles. The lowest BCUT2D eigenvalue weighted by molar-refractivity contribution is 0.0595. The predicted molar refractivity (Wildman–Crippen MR) is 67.9 cm³/mol. The first-order valence-corrected chi connectivity index (χ1v) is 6.05. The summed E-state index contributed by atoms with van der Waals surface area (Å²) in [5, 5.41) is 4.84. The quantitative estimate of drug-likeness (QED) is 0.867. The minimum absolute atomic E-state index is 0.207. The fourth-order valence-corrected chi connectivity index (χ4v) is 2.08. The smallest absolute Gasteiger partial charge is 0.357 e. The predicted octanol–water partition coefficient (Wildman–Crippen LogP) is 3.12. The highest BCUT2D eigenvalue weighted by Crippen LogP contribution is 2.24. The summed E-state index contributed by atoms with van der Waals surface area (Å²) in [4.78, 5) is 15.2. The van der Waals surface area contributed by atoms with E-state index >= 15 is 0 Å². The van der Waals surface area contributed by atoms with Crippen LogP contribution in [0.3, 0.4) is 0 Å². The topological polar surface area (TPSA) is 51.2 Å². The van der Waals surface area contributed by atoms with Crippen LogP contribution < -0.4 is 5.32 Å². The molecule has 4 nitrogen and oxygen atoms in total. The van der Waals surface area contributed by atoms with E-state index in [1.807, 2.05) is 0 Å².